The molecule has 0 spiro atoms. The van der Waals surface area contributed by atoms with E-state index < -0.39 is 0 Å². The Kier molecular flexibility index (Phi) is 10.5. The van der Waals surface area contributed by atoms with E-state index in [0.29, 0.717) is 0 Å². The van der Waals surface area contributed by atoms with Crippen LogP contribution in [0.4, 0.5) is 0 Å². The van der Waals surface area contributed by atoms with Crippen molar-refractivity contribution in [3.63, 3.8) is 0 Å². The van der Waals surface area contributed by atoms with Gasteiger partial charge in [0.1, 0.15) is 0 Å². The van der Waals surface area contributed by atoms with E-state index in [4.69, 9.17) is 0 Å². The molecular weight excluding hydrogens is 337 g/mol. The number of nitrogens with zero attached hydrogens (tertiary/aromatic N) is 1. The molecule has 0 radical (unpaired) electrons. The third kappa shape index (κ3) is 6.61. The van der Waals surface area contributed by atoms with Crippen molar-refractivity contribution in [2.24, 2.45) is 16.8 Å². The Labute approximate surface area is 129 Å². The van der Waals surface area contributed by atoms with Gasteiger partial charge >= 0.3 is 0 Å². The Morgan fingerprint density at radius 2 is 2.06 bits per heavy atom. The molecule has 0 saturated heterocycles. The first-order valence-corrected chi connectivity index (χ1v) is 6.91. The number of aliphatic imine (C=N–C) groups is 1. The first-order valence-electron chi connectivity index (χ1n) is 6.91. The maximum atomic E-state index is 4.67. The Hall–Kier alpha value is -0.260. The molecule has 0 aromatic rings. The molecule has 2 N–H and O–H groups in total. The molecule has 0 aromatic carbocycles. The quantitative estimate of drug-likeness (QED) is 0.340. The highest BCUT2D eigenvalue weighted by atomic mass is 127. The molecule has 106 valence electrons. The second-order valence-electron chi connectivity index (χ2n) is 4.91. The molecule has 1 saturated carbocycles. The van der Waals surface area contributed by atoms with Crippen LogP contribution in [0.1, 0.15) is 39.5 Å². The molecule has 2 unspecified atom stereocenters. The van der Waals surface area contributed by atoms with E-state index in [-0.39, 0.29) is 24.0 Å². The van der Waals surface area contributed by atoms with Gasteiger partial charge in [0, 0.05) is 19.6 Å². The number of guanidine groups is 1. The summed E-state index contributed by atoms with van der Waals surface area (Å²) in [5.41, 5.74) is 0. The highest BCUT2D eigenvalue weighted by molar-refractivity contribution is 14.0. The SMILES string of the molecule is C=CCNC(=NCC1CCCCC1C)NCC.I. The van der Waals surface area contributed by atoms with Crippen LogP contribution in [-0.4, -0.2) is 25.6 Å². The molecule has 1 aliphatic rings. The third-order valence-electron chi connectivity index (χ3n) is 3.53. The molecular formula is C14H28IN3. The minimum absolute atomic E-state index is 0. The highest BCUT2D eigenvalue weighted by Gasteiger charge is 2.20. The summed E-state index contributed by atoms with van der Waals surface area (Å²) in [7, 11) is 0. The summed E-state index contributed by atoms with van der Waals surface area (Å²) in [6.07, 6.45) is 7.34. The van der Waals surface area contributed by atoms with E-state index >= 15 is 0 Å². The molecule has 3 nitrogen and oxygen atoms in total. The maximum Gasteiger partial charge on any atom is 0.191 e. The molecule has 0 bridgehead atoms. The lowest BCUT2D eigenvalue weighted by molar-refractivity contribution is 0.263. The van der Waals surface area contributed by atoms with Crippen LogP contribution < -0.4 is 10.6 Å². The third-order valence-corrected chi connectivity index (χ3v) is 3.53. The van der Waals surface area contributed by atoms with E-state index in [1.54, 1.807) is 0 Å². The molecule has 0 heterocycles. The predicted octanol–water partition coefficient (Wildman–Crippen LogP) is 3.17. The zero-order valence-electron chi connectivity index (χ0n) is 11.7. The van der Waals surface area contributed by atoms with Gasteiger partial charge in [-0.05, 0) is 25.2 Å². The zero-order chi connectivity index (χ0) is 12.5. The highest BCUT2D eigenvalue weighted by Crippen LogP contribution is 2.29. The molecule has 0 amide bonds. The lowest BCUT2D eigenvalue weighted by Crippen LogP contribution is -2.38. The summed E-state index contributed by atoms with van der Waals surface area (Å²) < 4.78 is 0. The number of hydrogen-bond donors (Lipinski definition) is 2. The first-order chi connectivity index (χ1) is 8.27. The van der Waals surface area contributed by atoms with Gasteiger partial charge < -0.3 is 10.6 Å². The molecule has 0 aliphatic heterocycles. The van der Waals surface area contributed by atoms with Crippen molar-refractivity contribution < 1.29 is 0 Å². The van der Waals surface area contributed by atoms with Gasteiger partial charge in [0.15, 0.2) is 5.96 Å². The number of hydrogen-bond acceptors (Lipinski definition) is 1. The first kappa shape index (κ1) is 17.7. The number of rotatable bonds is 5. The monoisotopic (exact) mass is 365 g/mol. The molecule has 1 rings (SSSR count). The van der Waals surface area contributed by atoms with Gasteiger partial charge in [-0.15, -0.1) is 30.6 Å². The van der Waals surface area contributed by atoms with Crippen LogP contribution in [0.25, 0.3) is 0 Å². The minimum Gasteiger partial charge on any atom is -0.357 e. The molecule has 1 fully saturated rings. The maximum absolute atomic E-state index is 4.67. The van der Waals surface area contributed by atoms with Gasteiger partial charge in [0.2, 0.25) is 0 Å². The summed E-state index contributed by atoms with van der Waals surface area (Å²) in [5, 5.41) is 6.51. The van der Waals surface area contributed by atoms with Gasteiger partial charge in [-0.2, -0.15) is 0 Å². The second kappa shape index (κ2) is 10.6. The fourth-order valence-electron chi connectivity index (χ4n) is 2.38. The Morgan fingerprint density at radius 1 is 1.33 bits per heavy atom. The standard InChI is InChI=1S/C14H27N3.HI/c1-4-10-16-14(15-5-2)17-11-13-9-7-6-8-12(13)3;/h4,12-13H,1,5-11H2,2-3H3,(H2,15,16,17);1H. The van der Waals surface area contributed by atoms with Crippen LogP contribution in [0.5, 0.6) is 0 Å². The summed E-state index contributed by atoms with van der Waals surface area (Å²) in [5.74, 6) is 2.52. The zero-order valence-corrected chi connectivity index (χ0v) is 14.1. The normalized spacial score (nSPS) is 24.0. The van der Waals surface area contributed by atoms with Crippen LogP contribution in [0.3, 0.4) is 0 Å². The number of halogens is 1. The average Bonchev–Trinajstić information content (AvgIpc) is 2.34. The van der Waals surface area contributed by atoms with Gasteiger partial charge in [0.25, 0.3) is 0 Å². The van der Waals surface area contributed by atoms with Gasteiger partial charge in [0.05, 0.1) is 0 Å². The Morgan fingerprint density at radius 3 is 2.67 bits per heavy atom. The van der Waals surface area contributed by atoms with Crippen LogP contribution in [0.15, 0.2) is 17.6 Å². The summed E-state index contributed by atoms with van der Waals surface area (Å²) in [4.78, 5) is 4.67. The fourth-order valence-corrected chi connectivity index (χ4v) is 2.38. The van der Waals surface area contributed by atoms with Crippen molar-refractivity contribution in [3.8, 4) is 0 Å². The minimum atomic E-state index is 0. The summed E-state index contributed by atoms with van der Waals surface area (Å²) >= 11 is 0. The van der Waals surface area contributed by atoms with Crippen LogP contribution >= 0.6 is 24.0 Å². The summed E-state index contributed by atoms with van der Waals surface area (Å²) in [6, 6.07) is 0. The predicted molar refractivity (Wildman–Crippen MR) is 90.7 cm³/mol. The van der Waals surface area contributed by atoms with Crippen molar-refractivity contribution in [3.05, 3.63) is 12.7 Å². The van der Waals surface area contributed by atoms with Crippen LogP contribution in [0, 0.1) is 11.8 Å². The Bertz CT molecular complexity index is 253. The molecule has 18 heavy (non-hydrogen) atoms. The van der Waals surface area contributed by atoms with Gasteiger partial charge in [-0.1, -0.05) is 32.3 Å². The smallest absolute Gasteiger partial charge is 0.191 e. The largest absolute Gasteiger partial charge is 0.357 e. The van der Waals surface area contributed by atoms with Gasteiger partial charge in [-0.25, -0.2) is 0 Å². The van der Waals surface area contributed by atoms with Crippen molar-refractivity contribution in [2.45, 2.75) is 39.5 Å². The van der Waals surface area contributed by atoms with Crippen molar-refractivity contribution in [1.29, 1.82) is 0 Å². The van der Waals surface area contributed by atoms with Crippen molar-refractivity contribution in [1.82, 2.24) is 10.6 Å². The van der Waals surface area contributed by atoms with E-state index in [0.717, 1.165) is 37.4 Å². The molecule has 0 aromatic heterocycles. The van der Waals surface area contributed by atoms with E-state index in [1.165, 1.54) is 25.7 Å². The lowest BCUT2D eigenvalue weighted by Gasteiger charge is -2.27. The van der Waals surface area contributed by atoms with Crippen LogP contribution in [-0.2, 0) is 0 Å². The average molecular weight is 365 g/mol. The van der Waals surface area contributed by atoms with E-state index in [2.05, 4.69) is 36.1 Å². The van der Waals surface area contributed by atoms with Crippen molar-refractivity contribution in [2.75, 3.05) is 19.6 Å². The molecule has 1 aliphatic carbocycles. The van der Waals surface area contributed by atoms with Gasteiger partial charge in [-0.3, -0.25) is 4.99 Å². The summed E-state index contributed by atoms with van der Waals surface area (Å²) in [6.45, 7) is 10.8. The Balaban J connectivity index is 0.00000289. The topological polar surface area (TPSA) is 36.4 Å². The number of nitrogens with one attached hydrogen (secondary N) is 2. The van der Waals surface area contributed by atoms with E-state index in [9.17, 15) is 0 Å². The molecule has 4 heteroatoms. The van der Waals surface area contributed by atoms with Crippen LogP contribution in [0.2, 0.25) is 0 Å². The fraction of sp³-hybridized carbons (Fsp3) is 0.786. The second-order valence-corrected chi connectivity index (χ2v) is 4.91. The van der Waals surface area contributed by atoms with E-state index in [1.807, 2.05) is 6.08 Å². The lowest BCUT2D eigenvalue weighted by atomic mass is 9.80. The van der Waals surface area contributed by atoms with Crippen molar-refractivity contribution >= 4 is 29.9 Å². The molecule has 2 atom stereocenters.